The van der Waals surface area contributed by atoms with Gasteiger partial charge in [-0.05, 0) is 11.6 Å². The molecule has 0 unspecified atom stereocenters. The molecule has 3 aromatic rings. The third-order valence-electron chi connectivity index (χ3n) is 5.90. The maximum atomic E-state index is 13.0. The van der Waals surface area contributed by atoms with Crippen molar-refractivity contribution in [3.05, 3.63) is 93.4 Å². The predicted molar refractivity (Wildman–Crippen MR) is 125 cm³/mol. The number of carbonyl (C=O) groups is 1. The Kier molecular flexibility index (Phi) is 7.77. The number of fused-ring (bicyclic) bond motifs is 1. The molecule has 0 aliphatic carbocycles. The SMILES string of the molecule is COC(=O)c1c(OCc2ccccc2)cc(=O)n2c1CCN(Cc1ccccc1OC(F)F)CC2. The highest BCUT2D eigenvalue weighted by atomic mass is 19.3. The molecule has 0 amide bonds. The minimum atomic E-state index is -2.92. The van der Waals surface area contributed by atoms with Crippen molar-refractivity contribution in [2.24, 2.45) is 0 Å². The van der Waals surface area contributed by atoms with Crippen molar-refractivity contribution in [1.29, 1.82) is 0 Å². The third kappa shape index (κ3) is 5.86. The zero-order chi connectivity index (χ0) is 24.8. The van der Waals surface area contributed by atoms with Gasteiger partial charge in [0.1, 0.15) is 23.7 Å². The Morgan fingerprint density at radius 1 is 1.00 bits per heavy atom. The number of ether oxygens (including phenoxy) is 3. The second-order valence-corrected chi connectivity index (χ2v) is 8.10. The Bertz CT molecular complexity index is 1230. The van der Waals surface area contributed by atoms with Gasteiger partial charge < -0.3 is 18.8 Å². The molecule has 1 aromatic heterocycles. The van der Waals surface area contributed by atoms with E-state index in [1.165, 1.54) is 19.2 Å². The quantitative estimate of drug-likeness (QED) is 0.452. The summed E-state index contributed by atoms with van der Waals surface area (Å²) in [5.41, 5.74) is 2.00. The number of halogens is 2. The molecular formula is C26H26F2N2O5. The van der Waals surface area contributed by atoms with E-state index >= 15 is 0 Å². The van der Waals surface area contributed by atoms with Crippen LogP contribution < -0.4 is 15.0 Å². The summed E-state index contributed by atoms with van der Waals surface area (Å²) in [6.07, 6.45) is 0.375. The summed E-state index contributed by atoms with van der Waals surface area (Å²) >= 11 is 0. The van der Waals surface area contributed by atoms with E-state index in [0.29, 0.717) is 43.9 Å². The fourth-order valence-corrected chi connectivity index (χ4v) is 4.21. The largest absolute Gasteiger partial charge is 0.488 e. The first-order valence-corrected chi connectivity index (χ1v) is 11.2. The molecule has 184 valence electrons. The lowest BCUT2D eigenvalue weighted by Crippen LogP contribution is -2.29. The zero-order valence-corrected chi connectivity index (χ0v) is 19.3. The molecule has 0 atom stereocenters. The highest BCUT2D eigenvalue weighted by Crippen LogP contribution is 2.27. The zero-order valence-electron chi connectivity index (χ0n) is 19.3. The smallest absolute Gasteiger partial charge is 0.387 e. The van der Waals surface area contributed by atoms with Crippen LogP contribution >= 0.6 is 0 Å². The van der Waals surface area contributed by atoms with Gasteiger partial charge in [-0.15, -0.1) is 0 Å². The lowest BCUT2D eigenvalue weighted by Gasteiger charge is -2.21. The van der Waals surface area contributed by atoms with Gasteiger partial charge in [0.25, 0.3) is 5.56 Å². The molecule has 4 rings (SSSR count). The molecule has 0 saturated heterocycles. The van der Waals surface area contributed by atoms with Gasteiger partial charge in [0.2, 0.25) is 0 Å². The van der Waals surface area contributed by atoms with Gasteiger partial charge in [-0.25, -0.2) is 4.79 Å². The van der Waals surface area contributed by atoms with Gasteiger partial charge in [0, 0.05) is 49.9 Å². The average molecular weight is 484 g/mol. The number of alkyl halides is 2. The van der Waals surface area contributed by atoms with Crippen molar-refractivity contribution in [2.45, 2.75) is 32.7 Å². The van der Waals surface area contributed by atoms with Gasteiger partial charge in [-0.2, -0.15) is 8.78 Å². The van der Waals surface area contributed by atoms with E-state index in [4.69, 9.17) is 9.47 Å². The summed E-state index contributed by atoms with van der Waals surface area (Å²) in [5, 5.41) is 0. The number of para-hydroxylation sites is 1. The highest BCUT2D eigenvalue weighted by molar-refractivity contribution is 5.93. The van der Waals surface area contributed by atoms with Gasteiger partial charge in [-0.1, -0.05) is 48.5 Å². The molecule has 2 heterocycles. The van der Waals surface area contributed by atoms with Crippen molar-refractivity contribution < 1.29 is 27.8 Å². The molecule has 2 aromatic carbocycles. The van der Waals surface area contributed by atoms with Crippen LogP contribution in [0.3, 0.4) is 0 Å². The van der Waals surface area contributed by atoms with Crippen LogP contribution in [0.15, 0.2) is 65.5 Å². The fourth-order valence-electron chi connectivity index (χ4n) is 4.21. The minimum Gasteiger partial charge on any atom is -0.488 e. The van der Waals surface area contributed by atoms with Gasteiger partial charge in [0.05, 0.1) is 7.11 Å². The van der Waals surface area contributed by atoms with Crippen LogP contribution in [0.4, 0.5) is 8.78 Å². The number of methoxy groups -OCH3 is 1. The number of aromatic nitrogens is 1. The third-order valence-corrected chi connectivity index (χ3v) is 5.90. The highest BCUT2D eigenvalue weighted by Gasteiger charge is 2.26. The number of nitrogens with zero attached hydrogens (tertiary/aromatic N) is 2. The Balaban J connectivity index is 1.59. The summed E-state index contributed by atoms with van der Waals surface area (Å²) in [7, 11) is 1.29. The topological polar surface area (TPSA) is 70.0 Å². The second-order valence-electron chi connectivity index (χ2n) is 8.10. The molecule has 0 N–H and O–H groups in total. The first-order valence-electron chi connectivity index (χ1n) is 11.2. The Morgan fingerprint density at radius 2 is 1.74 bits per heavy atom. The summed E-state index contributed by atoms with van der Waals surface area (Å²) in [6, 6.07) is 17.4. The summed E-state index contributed by atoms with van der Waals surface area (Å²) in [6.45, 7) is -1.05. The number of esters is 1. The molecule has 0 spiro atoms. The van der Waals surface area contributed by atoms with Crippen LogP contribution in [0.25, 0.3) is 0 Å². The van der Waals surface area contributed by atoms with E-state index in [0.717, 1.165) is 5.56 Å². The number of hydrogen-bond donors (Lipinski definition) is 0. The fraction of sp³-hybridized carbons (Fsp3) is 0.308. The lowest BCUT2D eigenvalue weighted by atomic mass is 10.1. The van der Waals surface area contributed by atoms with Crippen molar-refractivity contribution >= 4 is 5.97 Å². The van der Waals surface area contributed by atoms with Crippen LogP contribution in [0, 0.1) is 0 Å². The molecule has 0 radical (unpaired) electrons. The van der Waals surface area contributed by atoms with E-state index in [1.807, 2.05) is 35.2 Å². The summed E-state index contributed by atoms with van der Waals surface area (Å²) in [4.78, 5) is 27.7. The average Bonchev–Trinajstić information content (AvgIpc) is 3.07. The molecule has 7 nitrogen and oxygen atoms in total. The Hall–Kier alpha value is -3.72. The molecule has 0 saturated carbocycles. The van der Waals surface area contributed by atoms with E-state index in [-0.39, 0.29) is 29.2 Å². The Morgan fingerprint density at radius 3 is 2.49 bits per heavy atom. The molecule has 0 fully saturated rings. The number of hydrogen-bond acceptors (Lipinski definition) is 6. The molecule has 1 aliphatic heterocycles. The summed E-state index contributed by atoms with van der Waals surface area (Å²) < 4.78 is 42.7. The van der Waals surface area contributed by atoms with Gasteiger partial charge >= 0.3 is 12.6 Å². The number of pyridine rings is 1. The number of benzene rings is 2. The van der Waals surface area contributed by atoms with Crippen LogP contribution in [0.2, 0.25) is 0 Å². The molecular weight excluding hydrogens is 458 g/mol. The monoisotopic (exact) mass is 484 g/mol. The van der Waals surface area contributed by atoms with Crippen molar-refractivity contribution in [3.8, 4) is 11.5 Å². The van der Waals surface area contributed by atoms with E-state index < -0.39 is 12.6 Å². The van der Waals surface area contributed by atoms with Crippen molar-refractivity contribution in [2.75, 3.05) is 20.2 Å². The second kappa shape index (κ2) is 11.1. The first kappa shape index (κ1) is 24.4. The molecule has 0 bridgehead atoms. The summed E-state index contributed by atoms with van der Waals surface area (Å²) in [5.74, 6) is -0.282. The number of carbonyl (C=O) groups excluding carboxylic acids is 1. The van der Waals surface area contributed by atoms with Gasteiger partial charge in [-0.3, -0.25) is 9.69 Å². The van der Waals surface area contributed by atoms with Crippen LogP contribution in [-0.4, -0.2) is 42.2 Å². The van der Waals surface area contributed by atoms with Crippen LogP contribution in [0.1, 0.15) is 27.2 Å². The Labute approximate surface area is 201 Å². The molecule has 1 aliphatic rings. The first-order chi connectivity index (χ1) is 17.0. The number of rotatable bonds is 8. The van der Waals surface area contributed by atoms with E-state index in [2.05, 4.69) is 4.74 Å². The van der Waals surface area contributed by atoms with Crippen molar-refractivity contribution in [3.63, 3.8) is 0 Å². The standard InChI is InChI=1S/C26H26F2N2O5/c1-33-25(32)24-20-11-12-29(16-19-9-5-6-10-21(19)35-26(27)28)13-14-30(20)23(31)15-22(24)34-17-18-7-3-2-4-8-18/h2-10,15,26H,11-14,16-17H2,1H3. The van der Waals surface area contributed by atoms with E-state index in [9.17, 15) is 18.4 Å². The van der Waals surface area contributed by atoms with Crippen molar-refractivity contribution in [1.82, 2.24) is 9.47 Å². The lowest BCUT2D eigenvalue weighted by molar-refractivity contribution is -0.0507. The molecule has 9 heteroatoms. The van der Waals surface area contributed by atoms with E-state index in [1.54, 1.807) is 22.8 Å². The normalized spacial score (nSPS) is 13.7. The maximum absolute atomic E-state index is 13.0. The predicted octanol–water partition coefficient (Wildman–Crippen LogP) is 3.87. The maximum Gasteiger partial charge on any atom is 0.387 e. The molecule has 35 heavy (non-hydrogen) atoms. The van der Waals surface area contributed by atoms with Gasteiger partial charge in [0.15, 0.2) is 0 Å². The minimum absolute atomic E-state index is 0.119. The van der Waals surface area contributed by atoms with Crippen LogP contribution in [0.5, 0.6) is 11.5 Å². The van der Waals surface area contributed by atoms with Crippen LogP contribution in [-0.2, 0) is 30.9 Å².